The molecule has 0 aliphatic rings. The molecule has 0 unspecified atom stereocenters. The predicted octanol–water partition coefficient (Wildman–Crippen LogP) is 4.08. The largest absolute Gasteiger partial charge is 0.397 e. The predicted molar refractivity (Wildman–Crippen MR) is 97.5 cm³/mol. The summed E-state index contributed by atoms with van der Waals surface area (Å²) in [5, 5.41) is 4.58. The molecule has 0 amide bonds. The third kappa shape index (κ3) is 3.26. The number of nitrogens with one attached hydrogen (secondary N) is 1. The highest BCUT2D eigenvalue weighted by Gasteiger charge is 2.03. The van der Waals surface area contributed by atoms with Crippen molar-refractivity contribution >= 4 is 44.9 Å². The Kier molecular flexibility index (Phi) is 4.24. The molecule has 3 N–H and O–H groups in total. The minimum Gasteiger partial charge on any atom is -0.397 e. The topological polar surface area (TPSA) is 50.9 Å². The van der Waals surface area contributed by atoms with Gasteiger partial charge in [0.15, 0.2) is 0 Å². The number of para-hydroxylation sites is 1. The zero-order chi connectivity index (χ0) is 14.7. The molecule has 0 radical (unpaired) electrons. The Labute approximate surface area is 137 Å². The van der Waals surface area contributed by atoms with E-state index in [0.29, 0.717) is 0 Å². The van der Waals surface area contributed by atoms with Gasteiger partial charge in [0.1, 0.15) is 0 Å². The van der Waals surface area contributed by atoms with Crippen molar-refractivity contribution in [3.05, 3.63) is 63.9 Å². The first-order valence-corrected chi connectivity index (χ1v) is 7.93. The van der Waals surface area contributed by atoms with Crippen molar-refractivity contribution in [1.82, 2.24) is 4.98 Å². The van der Waals surface area contributed by atoms with Crippen molar-refractivity contribution in [2.24, 2.45) is 0 Å². The van der Waals surface area contributed by atoms with Crippen molar-refractivity contribution in [2.45, 2.75) is 6.42 Å². The number of hydrogen-bond acceptors (Lipinski definition) is 3. The number of halogens is 1. The van der Waals surface area contributed by atoms with Gasteiger partial charge in [-0.1, -0.05) is 24.3 Å². The van der Waals surface area contributed by atoms with Crippen LogP contribution in [-0.4, -0.2) is 11.5 Å². The Hall–Kier alpha value is -1.82. The van der Waals surface area contributed by atoms with Crippen LogP contribution in [-0.2, 0) is 6.42 Å². The van der Waals surface area contributed by atoms with E-state index in [1.165, 1.54) is 10.9 Å². The molecule has 21 heavy (non-hydrogen) atoms. The van der Waals surface area contributed by atoms with Gasteiger partial charge in [-0.3, -0.25) is 4.98 Å². The molecule has 0 bridgehead atoms. The maximum absolute atomic E-state index is 6.01. The maximum atomic E-state index is 6.01. The van der Waals surface area contributed by atoms with Crippen molar-refractivity contribution in [1.29, 1.82) is 0 Å². The summed E-state index contributed by atoms with van der Waals surface area (Å²) in [6, 6.07) is 16.4. The smallest absolute Gasteiger partial charge is 0.0734 e. The molecule has 0 aliphatic heterocycles. The molecule has 2 aromatic carbocycles. The fraction of sp³-hybridized carbons (Fsp3) is 0.118. The molecule has 0 spiro atoms. The van der Waals surface area contributed by atoms with Crippen LogP contribution in [0.2, 0.25) is 0 Å². The summed E-state index contributed by atoms with van der Waals surface area (Å²) in [5.41, 5.74) is 10.1. The van der Waals surface area contributed by atoms with Crippen molar-refractivity contribution < 1.29 is 0 Å². The van der Waals surface area contributed by atoms with Gasteiger partial charge in [0.2, 0.25) is 0 Å². The van der Waals surface area contributed by atoms with Crippen molar-refractivity contribution in [3.63, 3.8) is 0 Å². The lowest BCUT2D eigenvalue weighted by molar-refractivity contribution is 1.03. The first kappa shape index (κ1) is 14.1. The second-order valence-corrected chi connectivity index (χ2v) is 6.15. The summed E-state index contributed by atoms with van der Waals surface area (Å²) >= 11 is 2.26. The molecule has 1 heterocycles. The number of anilines is 2. The Morgan fingerprint density at radius 3 is 2.81 bits per heavy atom. The highest BCUT2D eigenvalue weighted by molar-refractivity contribution is 14.1. The average Bonchev–Trinajstić information content (AvgIpc) is 2.50. The van der Waals surface area contributed by atoms with Crippen molar-refractivity contribution in [3.8, 4) is 0 Å². The SMILES string of the molecule is Nc1cc(I)ccc1NCCc1cccc2cccnc12. The van der Waals surface area contributed by atoms with Crippen LogP contribution >= 0.6 is 22.6 Å². The van der Waals surface area contributed by atoms with E-state index in [-0.39, 0.29) is 0 Å². The maximum Gasteiger partial charge on any atom is 0.0734 e. The van der Waals surface area contributed by atoms with E-state index in [1.54, 1.807) is 0 Å². The average molecular weight is 389 g/mol. The Balaban J connectivity index is 1.72. The number of benzene rings is 2. The van der Waals surface area contributed by atoms with Gasteiger partial charge >= 0.3 is 0 Å². The molecule has 106 valence electrons. The molecule has 0 saturated heterocycles. The van der Waals surface area contributed by atoms with Crippen LogP contribution in [0.4, 0.5) is 11.4 Å². The number of pyridine rings is 1. The molecule has 3 nitrogen and oxygen atoms in total. The summed E-state index contributed by atoms with van der Waals surface area (Å²) in [4.78, 5) is 4.48. The van der Waals surface area contributed by atoms with Gasteiger partial charge in [-0.25, -0.2) is 0 Å². The lowest BCUT2D eigenvalue weighted by Gasteiger charge is -2.10. The third-order valence-corrected chi connectivity index (χ3v) is 4.11. The Morgan fingerprint density at radius 1 is 1.10 bits per heavy atom. The lowest BCUT2D eigenvalue weighted by atomic mass is 10.1. The van der Waals surface area contributed by atoms with E-state index in [1.807, 2.05) is 24.4 Å². The van der Waals surface area contributed by atoms with Crippen molar-refractivity contribution in [2.75, 3.05) is 17.6 Å². The monoisotopic (exact) mass is 389 g/mol. The van der Waals surface area contributed by atoms with Crippen LogP contribution in [0, 0.1) is 3.57 Å². The molecule has 0 fully saturated rings. The number of nitrogens with two attached hydrogens (primary N) is 1. The van der Waals surface area contributed by atoms with Crippen LogP contribution in [0.3, 0.4) is 0 Å². The molecule has 0 aliphatic carbocycles. The highest BCUT2D eigenvalue weighted by atomic mass is 127. The number of nitrogens with zero attached hydrogens (tertiary/aromatic N) is 1. The standard InChI is InChI=1S/C17H16IN3/c18-14-6-7-16(15(19)11-14)20-10-8-13-4-1-3-12-5-2-9-21-17(12)13/h1-7,9,11,20H,8,10,19H2. The Bertz CT molecular complexity index is 766. The van der Waals surface area contributed by atoms with Gasteiger partial charge in [0.05, 0.1) is 16.9 Å². The molecule has 0 atom stereocenters. The first-order valence-electron chi connectivity index (χ1n) is 6.85. The summed E-state index contributed by atoms with van der Waals surface area (Å²) in [7, 11) is 0. The fourth-order valence-electron chi connectivity index (χ4n) is 2.40. The first-order chi connectivity index (χ1) is 10.2. The van der Waals surface area contributed by atoms with E-state index in [0.717, 1.165) is 33.4 Å². The normalized spacial score (nSPS) is 10.7. The van der Waals surface area contributed by atoms with E-state index < -0.39 is 0 Å². The van der Waals surface area contributed by atoms with E-state index in [9.17, 15) is 0 Å². The van der Waals surface area contributed by atoms with E-state index in [4.69, 9.17) is 5.73 Å². The number of fused-ring (bicyclic) bond motifs is 1. The van der Waals surface area contributed by atoms with Gasteiger partial charge < -0.3 is 11.1 Å². The van der Waals surface area contributed by atoms with Gasteiger partial charge in [-0.2, -0.15) is 0 Å². The minimum atomic E-state index is 0.790. The van der Waals surface area contributed by atoms with Crippen LogP contribution in [0.25, 0.3) is 10.9 Å². The zero-order valence-electron chi connectivity index (χ0n) is 11.5. The molecular weight excluding hydrogens is 373 g/mol. The van der Waals surface area contributed by atoms with Crippen LogP contribution in [0.5, 0.6) is 0 Å². The fourth-order valence-corrected chi connectivity index (χ4v) is 2.91. The molecule has 4 heteroatoms. The molecule has 0 saturated carbocycles. The Morgan fingerprint density at radius 2 is 1.95 bits per heavy atom. The van der Waals surface area contributed by atoms with Crippen LogP contribution in [0.15, 0.2) is 54.7 Å². The summed E-state index contributed by atoms with van der Waals surface area (Å²) in [5.74, 6) is 0. The third-order valence-electron chi connectivity index (χ3n) is 3.44. The molecule has 1 aromatic heterocycles. The van der Waals surface area contributed by atoms with Gasteiger partial charge in [-0.05, 0) is 58.8 Å². The summed E-state index contributed by atoms with van der Waals surface area (Å²) in [6.45, 7) is 0.834. The molecular formula is C17H16IN3. The second kappa shape index (κ2) is 6.30. The minimum absolute atomic E-state index is 0.790. The van der Waals surface area contributed by atoms with Gasteiger partial charge in [-0.15, -0.1) is 0 Å². The van der Waals surface area contributed by atoms with Crippen LogP contribution < -0.4 is 11.1 Å². The van der Waals surface area contributed by atoms with E-state index in [2.05, 4.69) is 63.2 Å². The van der Waals surface area contributed by atoms with Gasteiger partial charge in [0, 0.05) is 21.7 Å². The number of rotatable bonds is 4. The number of aromatic nitrogens is 1. The van der Waals surface area contributed by atoms with Crippen LogP contribution in [0.1, 0.15) is 5.56 Å². The summed E-state index contributed by atoms with van der Waals surface area (Å²) < 4.78 is 1.15. The lowest BCUT2D eigenvalue weighted by Crippen LogP contribution is -2.07. The van der Waals surface area contributed by atoms with Gasteiger partial charge in [0.25, 0.3) is 0 Å². The number of hydrogen-bond donors (Lipinski definition) is 2. The number of nitrogen functional groups attached to an aromatic ring is 1. The van der Waals surface area contributed by atoms with E-state index >= 15 is 0 Å². The molecule has 3 aromatic rings. The zero-order valence-corrected chi connectivity index (χ0v) is 13.7. The second-order valence-electron chi connectivity index (χ2n) is 4.90. The quantitative estimate of drug-likeness (QED) is 0.523. The molecule has 3 rings (SSSR count). The summed E-state index contributed by atoms with van der Waals surface area (Å²) in [6.07, 6.45) is 2.76. The highest BCUT2D eigenvalue weighted by Crippen LogP contribution is 2.21.